The van der Waals surface area contributed by atoms with Gasteiger partial charge in [0.15, 0.2) is 0 Å². The van der Waals surface area contributed by atoms with Crippen LogP contribution >= 0.6 is 15.9 Å². The van der Waals surface area contributed by atoms with Gasteiger partial charge in [0, 0.05) is 48.5 Å². The molecule has 1 aromatic carbocycles. The summed E-state index contributed by atoms with van der Waals surface area (Å²) in [4.78, 5) is 14.9. The third-order valence-corrected chi connectivity index (χ3v) is 7.81. The number of carbonyl (C=O) groups is 1. The molecule has 0 atom stereocenters. The molecule has 7 nitrogen and oxygen atoms in total. The Morgan fingerprint density at radius 1 is 1.17 bits per heavy atom. The smallest absolute Gasteiger partial charge is 0.243 e. The zero-order valence-electron chi connectivity index (χ0n) is 17.9. The van der Waals surface area contributed by atoms with Gasteiger partial charge in [-0.05, 0) is 38.0 Å². The lowest BCUT2D eigenvalue weighted by atomic mass is 10.1. The summed E-state index contributed by atoms with van der Waals surface area (Å²) in [6.07, 6.45) is 0.300. The van der Waals surface area contributed by atoms with Gasteiger partial charge in [0.25, 0.3) is 0 Å². The van der Waals surface area contributed by atoms with E-state index < -0.39 is 10.0 Å². The highest BCUT2D eigenvalue weighted by Crippen LogP contribution is 2.22. The van der Waals surface area contributed by atoms with Crippen molar-refractivity contribution < 1.29 is 13.2 Å². The monoisotopic (exact) mass is 496 g/mol. The van der Waals surface area contributed by atoms with Gasteiger partial charge in [-0.15, -0.1) is 0 Å². The van der Waals surface area contributed by atoms with Crippen molar-refractivity contribution in [1.82, 2.24) is 19.0 Å². The van der Waals surface area contributed by atoms with E-state index in [2.05, 4.69) is 34.9 Å². The first-order valence-electron chi connectivity index (χ1n) is 10.2. The zero-order valence-corrected chi connectivity index (χ0v) is 20.3. The van der Waals surface area contributed by atoms with Crippen LogP contribution in [0.25, 0.3) is 0 Å². The number of aryl methyl sites for hydroxylation is 1. The fourth-order valence-electron chi connectivity index (χ4n) is 3.73. The van der Waals surface area contributed by atoms with Crippen LogP contribution < -0.4 is 0 Å². The second-order valence-corrected chi connectivity index (χ2v) is 11.0. The molecule has 0 saturated carbocycles. The number of nitrogens with zero attached hydrogens (tertiary/aromatic N) is 4. The number of hydrogen-bond acceptors (Lipinski definition) is 4. The first-order chi connectivity index (χ1) is 14.1. The minimum absolute atomic E-state index is 0.0183. The van der Waals surface area contributed by atoms with Crippen LogP contribution in [0.1, 0.15) is 30.8 Å². The maximum absolute atomic E-state index is 12.9. The molecule has 30 heavy (non-hydrogen) atoms. The number of carbonyl (C=O) groups excluding carboxylic acids is 1. The van der Waals surface area contributed by atoms with E-state index in [9.17, 15) is 13.2 Å². The van der Waals surface area contributed by atoms with Crippen LogP contribution in [0.4, 0.5) is 0 Å². The minimum Gasteiger partial charge on any atom is -0.340 e. The summed E-state index contributed by atoms with van der Waals surface area (Å²) in [5.74, 6) is 0.497. The molecule has 0 aliphatic carbocycles. The summed E-state index contributed by atoms with van der Waals surface area (Å²) >= 11 is 3.32. The van der Waals surface area contributed by atoms with Gasteiger partial charge in [-0.3, -0.25) is 9.48 Å². The van der Waals surface area contributed by atoms with E-state index >= 15 is 0 Å². The highest BCUT2D eigenvalue weighted by atomic mass is 79.9. The van der Waals surface area contributed by atoms with Gasteiger partial charge in [0.1, 0.15) is 0 Å². The van der Waals surface area contributed by atoms with Gasteiger partial charge < -0.3 is 4.90 Å². The van der Waals surface area contributed by atoms with Crippen LogP contribution in [0.3, 0.4) is 0 Å². The molecule has 1 fully saturated rings. The predicted octanol–water partition coefficient (Wildman–Crippen LogP) is 2.99. The van der Waals surface area contributed by atoms with E-state index in [0.29, 0.717) is 38.5 Å². The first-order valence-corrected chi connectivity index (χ1v) is 12.4. The molecule has 3 rings (SSSR count). The summed E-state index contributed by atoms with van der Waals surface area (Å²) in [5, 5.41) is 4.59. The molecular weight excluding hydrogens is 468 g/mol. The zero-order chi connectivity index (χ0) is 22.1. The Kier molecular flexibility index (Phi) is 7.04. The Balaban J connectivity index is 1.64. The summed E-state index contributed by atoms with van der Waals surface area (Å²) < 4.78 is 29.9. The number of benzene rings is 1. The lowest BCUT2D eigenvalue weighted by Crippen LogP contribution is -2.50. The number of halogens is 1. The van der Waals surface area contributed by atoms with E-state index in [1.807, 2.05) is 18.5 Å². The van der Waals surface area contributed by atoms with E-state index in [1.54, 1.807) is 29.2 Å². The number of hydrogen-bond donors (Lipinski definition) is 0. The van der Waals surface area contributed by atoms with Crippen molar-refractivity contribution in [2.45, 2.75) is 45.6 Å². The summed E-state index contributed by atoms with van der Waals surface area (Å²) in [7, 11) is -3.56. The van der Waals surface area contributed by atoms with Crippen molar-refractivity contribution >= 4 is 31.9 Å². The number of piperazine rings is 1. The standard InChI is InChI=1S/C21H29BrN4O3S/c1-15(2)14-26-17(4)20(16(3)23-26)13-21(27)24-8-10-25(11-9-24)30(28,29)19-7-5-6-18(22)12-19/h5-7,12,15H,8-11,13-14H2,1-4H3. The number of amides is 1. The number of rotatable bonds is 6. The molecule has 2 heterocycles. The number of aromatic nitrogens is 2. The van der Waals surface area contributed by atoms with Gasteiger partial charge in [-0.25, -0.2) is 8.42 Å². The average molecular weight is 497 g/mol. The Hall–Kier alpha value is -1.71. The highest BCUT2D eigenvalue weighted by Gasteiger charge is 2.30. The maximum Gasteiger partial charge on any atom is 0.243 e. The largest absolute Gasteiger partial charge is 0.340 e. The summed E-state index contributed by atoms with van der Waals surface area (Å²) in [5.41, 5.74) is 2.90. The average Bonchev–Trinajstić information content (AvgIpc) is 2.95. The third-order valence-electron chi connectivity index (χ3n) is 5.42. The van der Waals surface area contributed by atoms with Crippen molar-refractivity contribution in [2.75, 3.05) is 26.2 Å². The fraction of sp³-hybridized carbons (Fsp3) is 0.524. The summed E-state index contributed by atoms with van der Waals surface area (Å²) in [6.45, 7) is 10.4. The molecule has 1 aliphatic rings. The third kappa shape index (κ3) is 4.95. The van der Waals surface area contributed by atoms with Crippen LogP contribution in [-0.2, 0) is 27.8 Å². The molecule has 0 spiro atoms. The maximum atomic E-state index is 12.9. The lowest BCUT2D eigenvalue weighted by molar-refractivity contribution is -0.131. The van der Waals surface area contributed by atoms with E-state index in [0.717, 1.165) is 28.0 Å². The first kappa shape index (κ1) is 23.0. The highest BCUT2D eigenvalue weighted by molar-refractivity contribution is 9.10. The molecule has 1 amide bonds. The molecule has 0 radical (unpaired) electrons. The minimum atomic E-state index is -3.56. The Morgan fingerprint density at radius 2 is 1.83 bits per heavy atom. The van der Waals surface area contributed by atoms with Gasteiger partial charge in [-0.1, -0.05) is 35.8 Å². The molecule has 1 aliphatic heterocycles. The van der Waals surface area contributed by atoms with Crippen molar-refractivity contribution in [3.05, 3.63) is 45.7 Å². The lowest BCUT2D eigenvalue weighted by Gasteiger charge is -2.34. The Bertz CT molecular complexity index is 1020. The second kappa shape index (κ2) is 9.20. The topological polar surface area (TPSA) is 75.5 Å². The SMILES string of the molecule is Cc1nn(CC(C)C)c(C)c1CC(=O)N1CCN(S(=O)(=O)c2cccc(Br)c2)CC1. The normalized spacial score (nSPS) is 15.7. The Labute approximate surface area is 187 Å². The van der Waals surface area contributed by atoms with Crippen molar-refractivity contribution in [3.63, 3.8) is 0 Å². The molecule has 0 unspecified atom stereocenters. The van der Waals surface area contributed by atoms with Crippen LogP contribution in [0.5, 0.6) is 0 Å². The van der Waals surface area contributed by atoms with Crippen molar-refractivity contribution in [3.8, 4) is 0 Å². The molecule has 9 heteroatoms. The summed E-state index contributed by atoms with van der Waals surface area (Å²) in [6, 6.07) is 6.70. The van der Waals surface area contributed by atoms with Crippen LogP contribution in [0.2, 0.25) is 0 Å². The van der Waals surface area contributed by atoms with Crippen LogP contribution in [-0.4, -0.2) is 59.5 Å². The van der Waals surface area contributed by atoms with Crippen LogP contribution in [0, 0.1) is 19.8 Å². The second-order valence-electron chi connectivity index (χ2n) is 8.14. The van der Waals surface area contributed by atoms with Gasteiger partial charge in [0.05, 0.1) is 17.0 Å². The van der Waals surface area contributed by atoms with E-state index in [1.165, 1.54) is 4.31 Å². The van der Waals surface area contributed by atoms with Gasteiger partial charge >= 0.3 is 0 Å². The fourth-order valence-corrected chi connectivity index (χ4v) is 5.75. The van der Waals surface area contributed by atoms with E-state index in [4.69, 9.17) is 0 Å². The quantitative estimate of drug-likeness (QED) is 0.615. The predicted molar refractivity (Wildman–Crippen MR) is 120 cm³/mol. The van der Waals surface area contributed by atoms with Gasteiger partial charge in [-0.2, -0.15) is 9.40 Å². The van der Waals surface area contributed by atoms with Gasteiger partial charge in [0.2, 0.25) is 15.9 Å². The molecule has 2 aromatic rings. The molecular formula is C21H29BrN4O3S. The molecule has 0 bridgehead atoms. The van der Waals surface area contributed by atoms with Crippen molar-refractivity contribution in [1.29, 1.82) is 0 Å². The molecule has 1 aromatic heterocycles. The molecule has 164 valence electrons. The molecule has 1 saturated heterocycles. The van der Waals surface area contributed by atoms with Crippen molar-refractivity contribution in [2.24, 2.45) is 5.92 Å². The van der Waals surface area contributed by atoms with E-state index in [-0.39, 0.29) is 10.8 Å². The molecule has 0 N–H and O–H groups in total. The Morgan fingerprint density at radius 3 is 2.43 bits per heavy atom. The number of sulfonamides is 1. The van der Waals surface area contributed by atoms with Crippen LogP contribution in [0.15, 0.2) is 33.6 Å².